The molecule has 12 aromatic rings. The Hall–Kier alpha value is -13.0. The number of hydrogen-bond donors (Lipinski definition) is 8. The molecule has 26 heteroatoms. The Labute approximate surface area is 763 Å². The fourth-order valence-corrected chi connectivity index (χ4v) is 18.9. The van der Waals surface area contributed by atoms with Crippen molar-refractivity contribution < 1.29 is 9.47 Å². The highest BCUT2D eigenvalue weighted by Crippen LogP contribution is 2.42. The van der Waals surface area contributed by atoms with Crippen LogP contribution < -0.4 is 139 Å². The highest BCUT2D eigenvalue weighted by atomic mass is 16.5. The first-order chi connectivity index (χ1) is 62.3. The quantitative estimate of drug-likeness (QED) is 0.0329. The molecule has 4 heterocycles. The number of fused-ring (bicyclic) bond motifs is 6. The van der Waals surface area contributed by atoms with E-state index < -0.39 is 65.1 Å². The molecule has 2 atom stereocenters. The number of hydrogen-bond acceptors (Lipinski definition) is 26. The maximum atomic E-state index is 11.9. The molecule has 26 nitrogen and oxygen atoms in total. The maximum Gasteiger partial charge on any atom is 0.253 e. The van der Waals surface area contributed by atoms with Gasteiger partial charge in [0.05, 0.1) is 30.9 Å². The van der Waals surface area contributed by atoms with Crippen LogP contribution in [0.2, 0.25) is 0 Å². The second kappa shape index (κ2) is 41.0. The lowest BCUT2D eigenvalue weighted by Crippen LogP contribution is -2.43. The van der Waals surface area contributed by atoms with Crippen molar-refractivity contribution in [3.8, 4) is 11.5 Å². The van der Waals surface area contributed by atoms with E-state index in [4.69, 9.17) is 43.9 Å². The van der Waals surface area contributed by atoms with Gasteiger partial charge in [0.25, 0.3) is 65.1 Å². The standard InChI is InChI=1S/3C18H22N2O2.2C17H20N2O3.C17H20N2O2/c1-11(2)8-12-5-6-13-4-3-7-20(10-14(13)9-12)16-15(19)17(21)18(16)22;1-10(2)8-11-6-7-12-4-3-5-14(13(12)9-11)20-16-15(19)17(21)18(16)22;1-11(2)9-12-6-7-13-5-3-4-8-20(14(13)10-12)16-15(19)17(21)18(16)22;1-10(2)8-11-4-5-13-12(9-11)19(6-3-7-22-13)15-14(18)16(20)17(15)21;1-10(2)7-11-3-4-13-12(8-11)9-19(5-6-22-13)15-14(18)16(20)17(15)21;1-9(2)7-10-3-4-11-5-6-13(12(11)8-10)19-15-14(18)16(20)17(15)21/h5-6,9,11H,3-4,7-8,10,19H2,1-2H3;6-7,9-10,14,20H,3-5,8,19H2,1-2H3;6-7,10-11H,3-5,8-9,19H2,1-2H3;4-5,9-10H,3,6-8,18H2,1-2H3;3-4,8,10H,5-7,9,18H2,1-2H3;3-4,8-9,13,19H,5-7,18H2,1-2H3. The predicted octanol–water partition coefficient (Wildman–Crippen LogP) is 12.7. The first-order valence-electron chi connectivity index (χ1n) is 46.4. The normalized spacial score (nSPS) is 15.8. The van der Waals surface area contributed by atoms with E-state index in [0.29, 0.717) is 109 Å². The Kier molecular flexibility index (Phi) is 29.9. The molecule has 0 amide bonds. The van der Waals surface area contributed by atoms with Crippen LogP contribution in [0.25, 0.3) is 0 Å². The second-order valence-electron chi connectivity index (χ2n) is 38.6. The number of anilines is 14. The van der Waals surface area contributed by atoms with Crippen molar-refractivity contribution >= 4 is 79.6 Å². The van der Waals surface area contributed by atoms with Crippen molar-refractivity contribution in [1.29, 1.82) is 0 Å². The SMILES string of the molecule is CC(C)Cc1ccc2c(c1)C(Nc1c(N)c(=O)c1=O)CC2.CC(C)Cc1ccc2c(c1)C(Nc1c(N)c(=O)c1=O)CCC2.CC(C)Cc1ccc2c(c1)CN(c1c(N)c(=O)c1=O)CCC2.CC(C)Cc1ccc2c(c1)CN(c1c(N)c(=O)c1=O)CCO2.CC(C)Cc1ccc2c(c1)N(c1c(N)c(=O)c1=O)CCCC2.CC(C)Cc1ccc2c(c1)N(c1c(N)c(=O)c1=O)CCCO2. The van der Waals surface area contributed by atoms with Crippen LogP contribution in [-0.4, -0.2) is 39.4 Å². The molecule has 690 valence electrons. The minimum Gasteiger partial charge on any atom is -0.491 e. The molecule has 4 aliphatic heterocycles. The lowest BCUT2D eigenvalue weighted by Gasteiger charge is -2.28. The molecule has 12 aromatic carbocycles. The molecule has 14 N–H and O–H groups in total. The minimum atomic E-state index is -0.583. The summed E-state index contributed by atoms with van der Waals surface area (Å²) >= 11 is 0. The molecule has 2 aliphatic carbocycles. The molecule has 18 rings (SSSR count). The first-order valence-corrected chi connectivity index (χ1v) is 46.4. The van der Waals surface area contributed by atoms with E-state index in [-0.39, 0.29) is 46.2 Å². The van der Waals surface area contributed by atoms with Crippen molar-refractivity contribution in [2.45, 2.75) is 217 Å². The average molecular weight is 1780 g/mol. The molecular weight excluding hydrogens is 1650 g/mol. The van der Waals surface area contributed by atoms with E-state index in [1.807, 2.05) is 43.9 Å². The van der Waals surface area contributed by atoms with Gasteiger partial charge in [-0.3, -0.25) is 57.5 Å². The Morgan fingerprint density at radius 1 is 0.298 bits per heavy atom. The Bertz CT molecular complexity index is 6390. The van der Waals surface area contributed by atoms with Crippen molar-refractivity contribution in [1.82, 2.24) is 0 Å². The van der Waals surface area contributed by atoms with Gasteiger partial charge in [-0.1, -0.05) is 168 Å². The molecule has 131 heavy (non-hydrogen) atoms. The summed E-state index contributed by atoms with van der Waals surface area (Å²) in [5.74, 6) is 5.10. The van der Waals surface area contributed by atoms with Crippen LogP contribution in [0.5, 0.6) is 11.5 Å². The van der Waals surface area contributed by atoms with Gasteiger partial charge >= 0.3 is 0 Å². The number of nitrogens with one attached hydrogen (secondary N) is 2. The monoisotopic (exact) mass is 1780 g/mol. The summed E-state index contributed by atoms with van der Waals surface area (Å²) in [6.45, 7) is 31.2. The van der Waals surface area contributed by atoms with Crippen LogP contribution in [0.15, 0.2) is 167 Å². The Morgan fingerprint density at radius 2 is 0.656 bits per heavy atom. The van der Waals surface area contributed by atoms with Gasteiger partial charge in [0, 0.05) is 44.0 Å². The minimum absolute atomic E-state index is 0.0621. The third kappa shape index (κ3) is 21.2. The molecule has 0 saturated carbocycles. The number of nitrogen functional groups attached to an aromatic ring is 6. The predicted molar refractivity (Wildman–Crippen MR) is 531 cm³/mol. The summed E-state index contributed by atoms with van der Waals surface area (Å²) in [6, 6.07) is 38.8. The third-order valence-electron chi connectivity index (χ3n) is 25.3. The van der Waals surface area contributed by atoms with Gasteiger partial charge < -0.3 is 74.1 Å². The molecule has 0 saturated heterocycles. The van der Waals surface area contributed by atoms with E-state index in [1.165, 1.54) is 72.3 Å². The molecule has 2 unspecified atom stereocenters. The number of nitrogens with zero attached hydrogens (tertiary/aromatic N) is 4. The van der Waals surface area contributed by atoms with Gasteiger partial charge in [-0.15, -0.1) is 0 Å². The first kappa shape index (κ1) is 95.6. The summed E-state index contributed by atoms with van der Waals surface area (Å²) in [4.78, 5) is 146. The van der Waals surface area contributed by atoms with Gasteiger partial charge in [0.15, 0.2) is 0 Å². The van der Waals surface area contributed by atoms with Gasteiger partial charge in [-0.05, 0) is 241 Å². The van der Waals surface area contributed by atoms with Crippen LogP contribution in [0.3, 0.4) is 0 Å². The van der Waals surface area contributed by atoms with Crippen LogP contribution in [0, 0.1) is 35.5 Å². The van der Waals surface area contributed by atoms with Crippen LogP contribution in [-0.2, 0) is 77.3 Å². The van der Waals surface area contributed by atoms with E-state index in [1.54, 1.807) is 0 Å². The van der Waals surface area contributed by atoms with Gasteiger partial charge in [-0.25, -0.2) is 0 Å². The van der Waals surface area contributed by atoms with Crippen molar-refractivity contribution in [2.24, 2.45) is 35.5 Å². The molecule has 0 spiro atoms. The van der Waals surface area contributed by atoms with Crippen LogP contribution in [0.4, 0.5) is 79.6 Å². The molecular formula is C105H126N12O14. The molecule has 6 aliphatic rings. The second-order valence-corrected chi connectivity index (χ2v) is 38.6. The van der Waals surface area contributed by atoms with Gasteiger partial charge in [0.2, 0.25) is 0 Å². The lowest BCUT2D eigenvalue weighted by molar-refractivity contribution is 0.322. The zero-order chi connectivity index (χ0) is 94.4. The summed E-state index contributed by atoms with van der Waals surface area (Å²) < 4.78 is 11.5. The fourth-order valence-electron chi connectivity index (χ4n) is 18.9. The molecule has 0 fully saturated rings. The summed E-state index contributed by atoms with van der Waals surface area (Å²) in [6.07, 6.45) is 16.9. The van der Waals surface area contributed by atoms with Gasteiger partial charge in [-0.2, -0.15) is 0 Å². The smallest absolute Gasteiger partial charge is 0.253 e. The number of benzene rings is 6. The zero-order valence-corrected chi connectivity index (χ0v) is 77.7. The lowest BCUT2D eigenvalue weighted by atomic mass is 9.85. The number of nitrogens with two attached hydrogens (primary N) is 6. The van der Waals surface area contributed by atoms with Crippen molar-refractivity contribution in [3.63, 3.8) is 0 Å². The van der Waals surface area contributed by atoms with Crippen LogP contribution >= 0.6 is 0 Å². The van der Waals surface area contributed by atoms with E-state index in [2.05, 4.69) is 179 Å². The summed E-state index contributed by atoms with van der Waals surface area (Å²) in [5.41, 5.74) is 50.1. The molecule has 0 aromatic heterocycles. The Balaban J connectivity index is 0.000000134. The highest BCUT2D eigenvalue weighted by molar-refractivity contribution is 5.83. The summed E-state index contributed by atoms with van der Waals surface area (Å²) in [7, 11) is 0. The van der Waals surface area contributed by atoms with E-state index >= 15 is 0 Å². The van der Waals surface area contributed by atoms with Crippen molar-refractivity contribution in [3.05, 3.63) is 310 Å². The molecule has 0 radical (unpaired) electrons. The maximum absolute atomic E-state index is 11.9. The average Bonchev–Trinajstić information content (AvgIpc) is 1.22. The fraction of sp³-hybridized carbons (Fsp3) is 0.429. The topological polar surface area (TPSA) is 416 Å². The van der Waals surface area contributed by atoms with Crippen molar-refractivity contribution in [2.75, 3.05) is 104 Å². The number of aryl methyl sites for hydroxylation is 4. The summed E-state index contributed by atoms with van der Waals surface area (Å²) in [5, 5.41) is 6.37. The Morgan fingerprint density at radius 3 is 1.14 bits per heavy atom. The number of rotatable bonds is 20. The molecule has 0 bridgehead atoms. The number of ether oxygens (including phenoxy) is 2. The van der Waals surface area contributed by atoms with E-state index in [0.717, 1.165) is 151 Å². The zero-order valence-electron chi connectivity index (χ0n) is 77.7. The van der Waals surface area contributed by atoms with Crippen LogP contribution in [0.1, 0.15) is 218 Å². The van der Waals surface area contributed by atoms with E-state index in [9.17, 15) is 57.5 Å². The highest BCUT2D eigenvalue weighted by Gasteiger charge is 2.35. The van der Waals surface area contributed by atoms with Gasteiger partial charge in [0.1, 0.15) is 86.4 Å². The largest absolute Gasteiger partial charge is 0.491 e. The third-order valence-corrected chi connectivity index (χ3v) is 25.3.